The van der Waals surface area contributed by atoms with E-state index in [1.807, 2.05) is 54.8 Å². The van der Waals surface area contributed by atoms with E-state index in [9.17, 15) is 0 Å². The highest BCUT2D eigenvalue weighted by Crippen LogP contribution is 2.32. The van der Waals surface area contributed by atoms with E-state index in [0.717, 1.165) is 32.6 Å². The Hall–Kier alpha value is -3.12. The van der Waals surface area contributed by atoms with Gasteiger partial charge in [0.25, 0.3) is 0 Å². The third-order valence-corrected chi connectivity index (χ3v) is 4.68. The molecular formula is C19H15N5S. The van der Waals surface area contributed by atoms with Crippen molar-refractivity contribution in [3.8, 4) is 10.6 Å². The number of nitrogens with two attached hydrogens (primary N) is 1. The number of nitrogens with zero attached hydrogens (tertiary/aromatic N) is 4. The molecule has 4 rings (SSSR count). The number of hydrogen-bond donors (Lipinski definition) is 1. The molecule has 0 spiro atoms. The van der Waals surface area contributed by atoms with Crippen LogP contribution in [0.15, 0.2) is 70.5 Å². The van der Waals surface area contributed by atoms with Gasteiger partial charge >= 0.3 is 0 Å². The number of benzene rings is 2. The SMILES string of the molecule is Cc1ccc2cnc(N)c(/N=N/c3ccc(-c4nccs4)cc3)c2c1. The van der Waals surface area contributed by atoms with Gasteiger partial charge in [0.15, 0.2) is 5.82 Å². The van der Waals surface area contributed by atoms with Crippen molar-refractivity contribution < 1.29 is 0 Å². The van der Waals surface area contributed by atoms with Crippen LogP contribution < -0.4 is 5.73 Å². The van der Waals surface area contributed by atoms with E-state index in [1.165, 1.54) is 0 Å². The van der Waals surface area contributed by atoms with Gasteiger partial charge in [0, 0.05) is 34.1 Å². The van der Waals surface area contributed by atoms with Crippen LogP contribution in [0.2, 0.25) is 0 Å². The molecule has 4 aromatic rings. The van der Waals surface area contributed by atoms with E-state index in [2.05, 4.69) is 20.2 Å². The van der Waals surface area contributed by atoms with Crippen molar-refractivity contribution in [3.05, 3.63) is 65.8 Å². The van der Waals surface area contributed by atoms with Gasteiger partial charge in [-0.15, -0.1) is 16.5 Å². The van der Waals surface area contributed by atoms with Crippen LogP contribution in [0.1, 0.15) is 5.56 Å². The first-order valence-corrected chi connectivity index (χ1v) is 8.65. The number of pyridine rings is 1. The predicted octanol–water partition coefficient (Wildman–Crippen LogP) is 5.66. The molecule has 0 atom stereocenters. The Morgan fingerprint density at radius 2 is 1.84 bits per heavy atom. The number of thiazole rings is 1. The van der Waals surface area contributed by atoms with Gasteiger partial charge in [-0.2, -0.15) is 5.11 Å². The molecule has 25 heavy (non-hydrogen) atoms. The number of azo groups is 1. The minimum Gasteiger partial charge on any atom is -0.382 e. The van der Waals surface area contributed by atoms with Crippen molar-refractivity contribution in [3.63, 3.8) is 0 Å². The van der Waals surface area contributed by atoms with E-state index in [1.54, 1.807) is 23.7 Å². The second kappa shape index (κ2) is 6.41. The van der Waals surface area contributed by atoms with Crippen molar-refractivity contribution in [2.75, 3.05) is 5.73 Å². The fourth-order valence-electron chi connectivity index (χ4n) is 2.58. The van der Waals surface area contributed by atoms with Crippen molar-refractivity contribution in [2.24, 2.45) is 10.2 Å². The molecule has 0 amide bonds. The molecule has 0 aliphatic heterocycles. The fourth-order valence-corrected chi connectivity index (χ4v) is 3.22. The number of hydrogen-bond acceptors (Lipinski definition) is 6. The van der Waals surface area contributed by atoms with Gasteiger partial charge in [-0.3, -0.25) is 0 Å². The summed E-state index contributed by atoms with van der Waals surface area (Å²) in [5, 5.41) is 13.6. The summed E-state index contributed by atoms with van der Waals surface area (Å²) in [5.41, 5.74) is 9.58. The van der Waals surface area contributed by atoms with Crippen molar-refractivity contribution in [2.45, 2.75) is 6.92 Å². The molecule has 0 saturated carbocycles. The van der Waals surface area contributed by atoms with Crippen molar-refractivity contribution in [1.82, 2.24) is 9.97 Å². The summed E-state index contributed by atoms with van der Waals surface area (Å²) in [6, 6.07) is 13.9. The molecule has 0 fully saturated rings. The Labute approximate surface area is 148 Å². The molecule has 5 nitrogen and oxygen atoms in total. The lowest BCUT2D eigenvalue weighted by atomic mass is 10.1. The van der Waals surface area contributed by atoms with E-state index >= 15 is 0 Å². The normalized spacial score (nSPS) is 11.4. The molecule has 2 aromatic heterocycles. The van der Waals surface area contributed by atoms with Gasteiger partial charge in [0.1, 0.15) is 10.7 Å². The van der Waals surface area contributed by atoms with Crippen LogP contribution in [0.4, 0.5) is 17.2 Å². The minimum atomic E-state index is 0.376. The zero-order valence-electron chi connectivity index (χ0n) is 13.5. The fraction of sp³-hybridized carbons (Fsp3) is 0.0526. The average molecular weight is 345 g/mol. The van der Waals surface area contributed by atoms with Crippen LogP contribution in [0, 0.1) is 6.92 Å². The van der Waals surface area contributed by atoms with Gasteiger partial charge in [0.2, 0.25) is 0 Å². The van der Waals surface area contributed by atoms with Crippen LogP contribution in [-0.2, 0) is 0 Å². The summed E-state index contributed by atoms with van der Waals surface area (Å²) in [6.45, 7) is 2.04. The van der Waals surface area contributed by atoms with Gasteiger partial charge in [-0.25, -0.2) is 9.97 Å². The predicted molar refractivity (Wildman–Crippen MR) is 103 cm³/mol. The first kappa shape index (κ1) is 15.4. The summed E-state index contributed by atoms with van der Waals surface area (Å²) in [4.78, 5) is 8.52. The van der Waals surface area contributed by atoms with Gasteiger partial charge in [-0.1, -0.05) is 17.7 Å². The largest absolute Gasteiger partial charge is 0.382 e. The van der Waals surface area contributed by atoms with E-state index in [4.69, 9.17) is 5.73 Å². The molecule has 0 bridgehead atoms. The Morgan fingerprint density at radius 3 is 2.60 bits per heavy atom. The van der Waals surface area contributed by atoms with E-state index in [-0.39, 0.29) is 0 Å². The molecule has 122 valence electrons. The monoisotopic (exact) mass is 345 g/mol. The maximum atomic E-state index is 6.02. The minimum absolute atomic E-state index is 0.376. The quantitative estimate of drug-likeness (QED) is 0.486. The second-order valence-electron chi connectivity index (χ2n) is 5.67. The molecule has 0 aliphatic carbocycles. The first-order chi connectivity index (χ1) is 12.2. The second-order valence-corrected chi connectivity index (χ2v) is 6.56. The van der Waals surface area contributed by atoms with Crippen molar-refractivity contribution >= 4 is 39.3 Å². The van der Waals surface area contributed by atoms with Crippen LogP contribution in [0.25, 0.3) is 21.3 Å². The Bertz CT molecular complexity index is 1050. The third-order valence-electron chi connectivity index (χ3n) is 3.86. The third kappa shape index (κ3) is 3.12. The molecule has 2 heterocycles. The average Bonchev–Trinajstić information content (AvgIpc) is 3.16. The molecule has 0 unspecified atom stereocenters. The molecule has 0 saturated heterocycles. The maximum Gasteiger partial charge on any atom is 0.151 e. The smallest absolute Gasteiger partial charge is 0.151 e. The van der Waals surface area contributed by atoms with E-state index in [0.29, 0.717) is 11.5 Å². The molecule has 2 aromatic carbocycles. The van der Waals surface area contributed by atoms with Crippen LogP contribution in [0.3, 0.4) is 0 Å². The number of anilines is 1. The molecule has 6 heteroatoms. The van der Waals surface area contributed by atoms with Gasteiger partial charge < -0.3 is 5.73 Å². The lowest BCUT2D eigenvalue weighted by Gasteiger charge is -2.05. The number of rotatable bonds is 3. The molecule has 0 radical (unpaired) electrons. The Balaban J connectivity index is 1.69. The number of aromatic nitrogens is 2. The standard InChI is InChI=1S/C19H15N5S/c1-12-2-3-14-11-22-18(20)17(16(14)10-12)24-23-15-6-4-13(5-7-15)19-21-8-9-25-19/h2-11H,1H3,(H2,20,22)/b24-23+. The zero-order valence-corrected chi connectivity index (χ0v) is 14.4. The lowest BCUT2D eigenvalue weighted by Crippen LogP contribution is -1.91. The highest BCUT2D eigenvalue weighted by atomic mass is 32.1. The number of nitrogen functional groups attached to an aromatic ring is 1. The Morgan fingerprint density at radius 1 is 1.00 bits per heavy atom. The van der Waals surface area contributed by atoms with Gasteiger partial charge in [0.05, 0.1) is 5.69 Å². The highest BCUT2D eigenvalue weighted by molar-refractivity contribution is 7.13. The lowest BCUT2D eigenvalue weighted by molar-refractivity contribution is 1.22. The number of fused-ring (bicyclic) bond motifs is 1. The summed E-state index contributed by atoms with van der Waals surface area (Å²) in [7, 11) is 0. The Kier molecular flexibility index (Phi) is 3.95. The van der Waals surface area contributed by atoms with Crippen LogP contribution in [0.5, 0.6) is 0 Å². The summed E-state index contributed by atoms with van der Waals surface area (Å²) >= 11 is 1.61. The van der Waals surface area contributed by atoms with Crippen LogP contribution in [-0.4, -0.2) is 9.97 Å². The molecular weight excluding hydrogens is 330 g/mol. The molecule has 2 N–H and O–H groups in total. The first-order valence-electron chi connectivity index (χ1n) is 7.77. The molecule has 0 aliphatic rings. The summed E-state index contributed by atoms with van der Waals surface area (Å²) in [5.74, 6) is 0.376. The van der Waals surface area contributed by atoms with Crippen LogP contribution >= 0.6 is 11.3 Å². The number of aryl methyl sites for hydroxylation is 1. The topological polar surface area (TPSA) is 76.5 Å². The highest BCUT2D eigenvalue weighted by Gasteiger charge is 2.07. The summed E-state index contributed by atoms with van der Waals surface area (Å²) < 4.78 is 0. The summed E-state index contributed by atoms with van der Waals surface area (Å²) in [6.07, 6.45) is 3.55. The van der Waals surface area contributed by atoms with Crippen molar-refractivity contribution in [1.29, 1.82) is 0 Å². The zero-order chi connectivity index (χ0) is 17.2. The van der Waals surface area contributed by atoms with E-state index < -0.39 is 0 Å². The van der Waals surface area contributed by atoms with Gasteiger partial charge in [-0.05, 0) is 37.3 Å². The maximum absolute atomic E-state index is 6.02.